The monoisotopic (exact) mass is 354 g/mol. The summed E-state index contributed by atoms with van der Waals surface area (Å²) in [5.41, 5.74) is 2.15. The van der Waals surface area contributed by atoms with Gasteiger partial charge in [-0.15, -0.1) is 0 Å². The lowest BCUT2D eigenvalue weighted by Crippen LogP contribution is -2.48. The van der Waals surface area contributed by atoms with E-state index in [9.17, 15) is 9.59 Å². The standard InChI is InChI=1S/C20H22N2O4/c1-2-11-21-19(23)18-13-22(16-5-3-4-6-17(16)26-18)12-14-7-9-15(10-8-14)20(24)25/h3-10,18H,2,11-13H2,1H3,(H,21,23)(H,24,25). The number of aromatic carboxylic acids is 1. The van der Waals surface area contributed by atoms with E-state index in [-0.39, 0.29) is 11.5 Å². The van der Waals surface area contributed by atoms with Gasteiger partial charge in [-0.05, 0) is 36.2 Å². The van der Waals surface area contributed by atoms with Crippen LogP contribution in [0.3, 0.4) is 0 Å². The van der Waals surface area contributed by atoms with Gasteiger partial charge in [0.2, 0.25) is 0 Å². The van der Waals surface area contributed by atoms with Crippen molar-refractivity contribution in [2.45, 2.75) is 26.0 Å². The third kappa shape index (κ3) is 3.96. The molecule has 1 aliphatic heterocycles. The Bertz CT molecular complexity index is 789. The van der Waals surface area contributed by atoms with Gasteiger partial charge in [0.25, 0.3) is 5.91 Å². The first-order chi connectivity index (χ1) is 12.6. The molecule has 0 radical (unpaired) electrons. The predicted molar refractivity (Wildman–Crippen MR) is 98.6 cm³/mol. The molecule has 0 fully saturated rings. The van der Waals surface area contributed by atoms with Crippen molar-refractivity contribution >= 4 is 17.6 Å². The van der Waals surface area contributed by atoms with Gasteiger partial charge < -0.3 is 20.1 Å². The van der Waals surface area contributed by atoms with Crippen molar-refractivity contribution in [3.63, 3.8) is 0 Å². The van der Waals surface area contributed by atoms with Crippen molar-refractivity contribution in [2.75, 3.05) is 18.0 Å². The van der Waals surface area contributed by atoms with Gasteiger partial charge in [0.05, 0.1) is 17.8 Å². The number of carboxylic acid groups (broad SMARTS) is 1. The summed E-state index contributed by atoms with van der Waals surface area (Å²) in [6, 6.07) is 14.4. The van der Waals surface area contributed by atoms with Crippen molar-refractivity contribution in [2.24, 2.45) is 0 Å². The zero-order chi connectivity index (χ0) is 18.5. The zero-order valence-electron chi connectivity index (χ0n) is 14.6. The minimum absolute atomic E-state index is 0.118. The van der Waals surface area contributed by atoms with Crippen LogP contribution >= 0.6 is 0 Å². The minimum Gasteiger partial charge on any atom is -0.478 e. The molecule has 1 atom stereocenters. The molecule has 1 unspecified atom stereocenters. The number of amides is 1. The average molecular weight is 354 g/mol. The zero-order valence-corrected chi connectivity index (χ0v) is 14.6. The highest BCUT2D eigenvalue weighted by Crippen LogP contribution is 2.34. The highest BCUT2D eigenvalue weighted by atomic mass is 16.5. The van der Waals surface area contributed by atoms with E-state index in [1.807, 2.05) is 31.2 Å². The van der Waals surface area contributed by atoms with Gasteiger partial charge in [-0.3, -0.25) is 4.79 Å². The van der Waals surface area contributed by atoms with Crippen molar-refractivity contribution in [3.05, 3.63) is 59.7 Å². The van der Waals surface area contributed by atoms with Gasteiger partial charge in [0, 0.05) is 13.1 Å². The molecule has 6 nitrogen and oxygen atoms in total. The van der Waals surface area contributed by atoms with Crippen molar-refractivity contribution < 1.29 is 19.4 Å². The third-order valence-corrected chi connectivity index (χ3v) is 4.28. The number of nitrogens with one attached hydrogen (secondary N) is 1. The van der Waals surface area contributed by atoms with Crippen LogP contribution in [0, 0.1) is 0 Å². The Balaban J connectivity index is 1.80. The lowest BCUT2D eigenvalue weighted by Gasteiger charge is -2.35. The van der Waals surface area contributed by atoms with Crippen LogP contribution in [0.5, 0.6) is 5.75 Å². The Morgan fingerprint density at radius 2 is 1.92 bits per heavy atom. The highest BCUT2D eigenvalue weighted by Gasteiger charge is 2.30. The fraction of sp³-hybridized carbons (Fsp3) is 0.300. The second kappa shape index (κ2) is 7.91. The largest absolute Gasteiger partial charge is 0.478 e. The van der Waals surface area contributed by atoms with Gasteiger partial charge >= 0.3 is 5.97 Å². The fourth-order valence-electron chi connectivity index (χ4n) is 2.93. The quantitative estimate of drug-likeness (QED) is 0.834. The molecule has 1 amide bonds. The Morgan fingerprint density at radius 1 is 1.19 bits per heavy atom. The van der Waals surface area contributed by atoms with Crippen molar-refractivity contribution in [1.29, 1.82) is 0 Å². The molecule has 1 heterocycles. The van der Waals surface area contributed by atoms with Crippen LogP contribution in [0.4, 0.5) is 5.69 Å². The van der Waals surface area contributed by atoms with Crippen LogP contribution < -0.4 is 15.0 Å². The average Bonchev–Trinajstić information content (AvgIpc) is 2.66. The van der Waals surface area contributed by atoms with Gasteiger partial charge in [-0.25, -0.2) is 4.79 Å². The topological polar surface area (TPSA) is 78.9 Å². The van der Waals surface area contributed by atoms with Crippen LogP contribution in [0.15, 0.2) is 48.5 Å². The van der Waals surface area contributed by atoms with Gasteiger partial charge in [0.15, 0.2) is 6.10 Å². The lowest BCUT2D eigenvalue weighted by molar-refractivity contribution is -0.127. The summed E-state index contributed by atoms with van der Waals surface area (Å²) in [6.45, 7) is 3.63. The maximum atomic E-state index is 12.4. The Kier molecular flexibility index (Phi) is 5.41. The molecular formula is C20H22N2O4. The molecule has 1 aliphatic rings. The normalized spacial score (nSPS) is 15.7. The Labute approximate surface area is 152 Å². The molecule has 6 heteroatoms. The maximum absolute atomic E-state index is 12.4. The summed E-state index contributed by atoms with van der Waals surface area (Å²) in [6.07, 6.45) is 0.295. The molecule has 26 heavy (non-hydrogen) atoms. The van der Waals surface area contributed by atoms with Crippen molar-refractivity contribution in [1.82, 2.24) is 5.32 Å². The number of nitrogens with zero attached hydrogens (tertiary/aromatic N) is 1. The molecule has 0 aliphatic carbocycles. The first kappa shape index (κ1) is 17.8. The molecule has 0 bridgehead atoms. The second-order valence-corrected chi connectivity index (χ2v) is 6.25. The van der Waals surface area contributed by atoms with Crippen LogP contribution in [-0.4, -0.2) is 36.2 Å². The summed E-state index contributed by atoms with van der Waals surface area (Å²) >= 11 is 0. The summed E-state index contributed by atoms with van der Waals surface area (Å²) in [5, 5.41) is 11.9. The molecule has 2 N–H and O–H groups in total. The van der Waals surface area contributed by atoms with E-state index in [2.05, 4.69) is 10.2 Å². The number of rotatable bonds is 6. The molecule has 136 valence electrons. The maximum Gasteiger partial charge on any atom is 0.335 e. The van der Waals surface area contributed by atoms with E-state index in [1.54, 1.807) is 24.3 Å². The van der Waals surface area contributed by atoms with Crippen molar-refractivity contribution in [3.8, 4) is 5.75 Å². The smallest absolute Gasteiger partial charge is 0.335 e. The van der Waals surface area contributed by atoms with E-state index >= 15 is 0 Å². The molecule has 2 aromatic carbocycles. The SMILES string of the molecule is CCCNC(=O)C1CN(Cc2ccc(C(=O)O)cc2)c2ccccc2O1. The summed E-state index contributed by atoms with van der Waals surface area (Å²) in [5.74, 6) is -0.383. The number of carboxylic acids is 1. The second-order valence-electron chi connectivity index (χ2n) is 6.25. The number of carbonyl (C=O) groups excluding carboxylic acids is 1. The minimum atomic E-state index is -0.944. The summed E-state index contributed by atoms with van der Waals surface area (Å²) < 4.78 is 5.88. The van der Waals surface area contributed by atoms with E-state index in [4.69, 9.17) is 9.84 Å². The number of carbonyl (C=O) groups is 2. The number of ether oxygens (including phenoxy) is 1. The van der Waals surface area contributed by atoms with Crippen LogP contribution in [0.1, 0.15) is 29.3 Å². The van der Waals surface area contributed by atoms with E-state index in [0.717, 1.165) is 17.7 Å². The van der Waals surface area contributed by atoms with Gasteiger partial charge in [-0.1, -0.05) is 31.2 Å². The molecule has 0 saturated carbocycles. The number of anilines is 1. The summed E-state index contributed by atoms with van der Waals surface area (Å²) in [7, 11) is 0. The first-order valence-electron chi connectivity index (χ1n) is 8.69. The number of hydrogen-bond donors (Lipinski definition) is 2. The van der Waals surface area contributed by atoms with E-state index in [1.165, 1.54) is 0 Å². The number of hydrogen-bond acceptors (Lipinski definition) is 4. The van der Waals surface area contributed by atoms with E-state index < -0.39 is 12.1 Å². The number of fused-ring (bicyclic) bond motifs is 1. The predicted octanol–water partition coefficient (Wildman–Crippen LogP) is 2.68. The molecule has 2 aromatic rings. The number of benzene rings is 2. The molecular weight excluding hydrogens is 332 g/mol. The first-order valence-corrected chi connectivity index (χ1v) is 8.69. The third-order valence-electron chi connectivity index (χ3n) is 4.28. The fourth-order valence-corrected chi connectivity index (χ4v) is 2.93. The van der Waals surface area contributed by atoms with Gasteiger partial charge in [-0.2, -0.15) is 0 Å². The lowest BCUT2D eigenvalue weighted by atomic mass is 10.1. The Morgan fingerprint density at radius 3 is 2.62 bits per heavy atom. The van der Waals surface area contributed by atoms with Crippen LogP contribution in [0.25, 0.3) is 0 Å². The molecule has 3 rings (SSSR count). The number of para-hydroxylation sites is 2. The van der Waals surface area contributed by atoms with Gasteiger partial charge in [0.1, 0.15) is 5.75 Å². The summed E-state index contributed by atoms with van der Waals surface area (Å²) in [4.78, 5) is 25.4. The van der Waals surface area contributed by atoms with E-state index in [0.29, 0.717) is 25.4 Å². The molecule has 0 aromatic heterocycles. The Hall–Kier alpha value is -3.02. The molecule has 0 saturated heterocycles. The molecule has 0 spiro atoms. The van der Waals surface area contributed by atoms with Crippen LogP contribution in [0.2, 0.25) is 0 Å². The highest BCUT2D eigenvalue weighted by molar-refractivity contribution is 5.87. The van der Waals surface area contributed by atoms with Crippen LogP contribution in [-0.2, 0) is 11.3 Å².